The zero-order valence-electron chi connectivity index (χ0n) is 11.9. The van der Waals surface area contributed by atoms with Crippen LogP contribution in [-0.2, 0) is 11.3 Å². The summed E-state index contributed by atoms with van der Waals surface area (Å²) in [6, 6.07) is 3.58. The van der Waals surface area contributed by atoms with Crippen LogP contribution < -0.4 is 5.32 Å². The highest BCUT2D eigenvalue weighted by atomic mass is 32.1. The van der Waals surface area contributed by atoms with Crippen molar-refractivity contribution in [1.29, 1.82) is 0 Å². The number of likely N-dealkylation sites (N-methyl/N-ethyl adjacent to an activating group) is 1. The van der Waals surface area contributed by atoms with Crippen molar-refractivity contribution in [1.82, 2.24) is 19.8 Å². The lowest BCUT2D eigenvalue weighted by Gasteiger charge is -2.15. The van der Waals surface area contributed by atoms with E-state index in [1.165, 1.54) is 16.2 Å². The number of hydrogen-bond donors (Lipinski definition) is 1. The second-order valence-corrected chi connectivity index (χ2v) is 5.59. The quantitative estimate of drug-likeness (QED) is 0.782. The first-order valence-corrected chi connectivity index (χ1v) is 7.56. The molecule has 2 heterocycles. The Morgan fingerprint density at radius 3 is 3.00 bits per heavy atom. The summed E-state index contributed by atoms with van der Waals surface area (Å²) < 4.78 is 1.96. The van der Waals surface area contributed by atoms with Crippen molar-refractivity contribution in [2.24, 2.45) is 0 Å². The Morgan fingerprint density at radius 2 is 2.33 bits per heavy atom. The zero-order chi connectivity index (χ0) is 15.1. The molecule has 0 unspecified atom stereocenters. The molecule has 2 rings (SSSR count). The second-order valence-electron chi connectivity index (χ2n) is 4.64. The highest BCUT2D eigenvalue weighted by molar-refractivity contribution is 7.12. The van der Waals surface area contributed by atoms with E-state index >= 15 is 0 Å². The van der Waals surface area contributed by atoms with Crippen LogP contribution in [-0.4, -0.2) is 46.4 Å². The van der Waals surface area contributed by atoms with Gasteiger partial charge in [-0.2, -0.15) is 0 Å². The molecule has 21 heavy (non-hydrogen) atoms. The number of rotatable bonds is 7. The maximum atomic E-state index is 12.0. The summed E-state index contributed by atoms with van der Waals surface area (Å²) in [7, 11) is 1.63. The van der Waals surface area contributed by atoms with Gasteiger partial charge in [-0.05, 0) is 17.9 Å². The first kappa shape index (κ1) is 15.2. The van der Waals surface area contributed by atoms with Crippen LogP contribution in [0.5, 0.6) is 0 Å². The van der Waals surface area contributed by atoms with Crippen molar-refractivity contribution in [3.8, 4) is 0 Å². The van der Waals surface area contributed by atoms with Crippen LogP contribution in [0.3, 0.4) is 0 Å². The summed E-state index contributed by atoms with van der Waals surface area (Å²) in [6.45, 7) is 1.46. The Bertz CT molecular complexity index is 566. The molecule has 1 N–H and O–H groups in total. The number of amides is 2. The highest BCUT2D eigenvalue weighted by Crippen LogP contribution is 2.10. The van der Waals surface area contributed by atoms with Gasteiger partial charge in [-0.3, -0.25) is 9.59 Å². The van der Waals surface area contributed by atoms with Gasteiger partial charge in [0.05, 0.1) is 17.7 Å². The van der Waals surface area contributed by atoms with Gasteiger partial charge in [0, 0.05) is 32.5 Å². The largest absolute Gasteiger partial charge is 0.354 e. The van der Waals surface area contributed by atoms with Crippen molar-refractivity contribution in [3.05, 3.63) is 41.1 Å². The molecule has 0 aromatic carbocycles. The van der Waals surface area contributed by atoms with Gasteiger partial charge in [0.2, 0.25) is 5.91 Å². The van der Waals surface area contributed by atoms with Gasteiger partial charge in [-0.1, -0.05) is 6.07 Å². The van der Waals surface area contributed by atoms with Crippen molar-refractivity contribution < 1.29 is 9.59 Å². The Balaban J connectivity index is 1.65. The van der Waals surface area contributed by atoms with E-state index in [4.69, 9.17) is 0 Å². The van der Waals surface area contributed by atoms with Crippen LogP contribution in [0.2, 0.25) is 0 Å². The van der Waals surface area contributed by atoms with E-state index in [1.807, 2.05) is 22.2 Å². The fraction of sp³-hybridized carbons (Fsp3) is 0.357. The predicted octanol–water partition coefficient (Wildman–Crippen LogP) is 1.22. The third kappa shape index (κ3) is 4.71. The molecule has 0 aliphatic carbocycles. The molecule has 0 bridgehead atoms. The number of aryl methyl sites for hydroxylation is 1. The number of carbonyl (C=O) groups is 2. The summed E-state index contributed by atoms with van der Waals surface area (Å²) in [5.74, 6) is -0.272. The third-order valence-electron chi connectivity index (χ3n) is 2.93. The van der Waals surface area contributed by atoms with Crippen LogP contribution in [0.1, 0.15) is 16.1 Å². The maximum absolute atomic E-state index is 12.0. The van der Waals surface area contributed by atoms with Crippen LogP contribution in [0.4, 0.5) is 0 Å². The Hall–Kier alpha value is -2.15. The van der Waals surface area contributed by atoms with Gasteiger partial charge in [0.1, 0.15) is 0 Å². The number of nitrogens with one attached hydrogen (secondary N) is 1. The molecule has 2 amide bonds. The third-order valence-corrected chi connectivity index (χ3v) is 3.79. The van der Waals surface area contributed by atoms with Gasteiger partial charge in [-0.15, -0.1) is 11.3 Å². The molecule has 0 fully saturated rings. The Kier molecular flexibility index (Phi) is 5.51. The number of thiophene rings is 1. The fourth-order valence-corrected chi connectivity index (χ4v) is 2.56. The van der Waals surface area contributed by atoms with E-state index in [9.17, 15) is 9.59 Å². The highest BCUT2D eigenvalue weighted by Gasteiger charge is 2.15. The van der Waals surface area contributed by atoms with Gasteiger partial charge in [0.15, 0.2) is 0 Å². The first-order valence-electron chi connectivity index (χ1n) is 6.68. The SMILES string of the molecule is CN(CC(=O)NCCCn1ccnc1)C(=O)c1cccs1. The molecule has 0 radical (unpaired) electrons. The molecule has 0 aliphatic rings. The van der Waals surface area contributed by atoms with Crippen LogP contribution in [0, 0.1) is 0 Å². The molecule has 0 saturated heterocycles. The number of imidazole rings is 1. The average molecular weight is 306 g/mol. The number of hydrogen-bond acceptors (Lipinski definition) is 4. The number of nitrogens with zero attached hydrogens (tertiary/aromatic N) is 3. The van der Waals surface area contributed by atoms with Gasteiger partial charge in [0.25, 0.3) is 5.91 Å². The van der Waals surface area contributed by atoms with E-state index in [0.717, 1.165) is 13.0 Å². The van der Waals surface area contributed by atoms with E-state index in [2.05, 4.69) is 10.3 Å². The van der Waals surface area contributed by atoms with Crippen molar-refractivity contribution >= 4 is 23.2 Å². The van der Waals surface area contributed by atoms with Crippen LogP contribution >= 0.6 is 11.3 Å². The molecule has 112 valence electrons. The average Bonchev–Trinajstić information content (AvgIpc) is 3.15. The maximum Gasteiger partial charge on any atom is 0.264 e. The minimum Gasteiger partial charge on any atom is -0.354 e. The fourth-order valence-electron chi connectivity index (χ4n) is 1.84. The minimum atomic E-state index is -0.145. The Morgan fingerprint density at radius 1 is 1.48 bits per heavy atom. The van der Waals surface area contributed by atoms with Crippen molar-refractivity contribution in [2.45, 2.75) is 13.0 Å². The minimum absolute atomic E-state index is 0.0712. The van der Waals surface area contributed by atoms with Gasteiger partial charge < -0.3 is 14.8 Å². The van der Waals surface area contributed by atoms with Gasteiger partial charge in [-0.25, -0.2) is 4.98 Å². The van der Waals surface area contributed by atoms with E-state index < -0.39 is 0 Å². The predicted molar refractivity (Wildman–Crippen MR) is 81.1 cm³/mol. The lowest BCUT2D eigenvalue weighted by Crippen LogP contribution is -2.38. The van der Waals surface area contributed by atoms with Gasteiger partial charge >= 0.3 is 0 Å². The van der Waals surface area contributed by atoms with Crippen LogP contribution in [0.25, 0.3) is 0 Å². The first-order chi connectivity index (χ1) is 10.2. The standard InChI is InChI=1S/C14H18N4O2S/c1-17(14(20)12-4-2-9-21-12)10-13(19)16-5-3-7-18-8-6-15-11-18/h2,4,6,8-9,11H,3,5,7,10H2,1H3,(H,16,19). The smallest absolute Gasteiger partial charge is 0.264 e. The molecular formula is C14H18N4O2S. The normalized spacial score (nSPS) is 10.3. The molecule has 0 spiro atoms. The summed E-state index contributed by atoms with van der Waals surface area (Å²) in [4.78, 5) is 29.8. The molecular weight excluding hydrogens is 288 g/mol. The summed E-state index contributed by atoms with van der Waals surface area (Å²) >= 11 is 1.37. The molecule has 0 atom stereocenters. The van der Waals surface area contributed by atoms with Crippen LogP contribution in [0.15, 0.2) is 36.2 Å². The van der Waals surface area contributed by atoms with E-state index in [0.29, 0.717) is 11.4 Å². The molecule has 7 heteroatoms. The number of carbonyl (C=O) groups excluding carboxylic acids is 2. The summed E-state index contributed by atoms with van der Waals surface area (Å²) in [5, 5.41) is 4.66. The summed E-state index contributed by atoms with van der Waals surface area (Å²) in [5.41, 5.74) is 0. The van der Waals surface area contributed by atoms with E-state index in [-0.39, 0.29) is 18.4 Å². The zero-order valence-corrected chi connectivity index (χ0v) is 12.7. The second kappa shape index (κ2) is 7.58. The van der Waals surface area contributed by atoms with E-state index in [1.54, 1.807) is 25.6 Å². The molecule has 6 nitrogen and oxygen atoms in total. The number of aromatic nitrogens is 2. The monoisotopic (exact) mass is 306 g/mol. The Labute approximate surface area is 127 Å². The van der Waals surface area contributed by atoms with Crippen molar-refractivity contribution in [2.75, 3.05) is 20.1 Å². The molecule has 2 aromatic rings. The summed E-state index contributed by atoms with van der Waals surface area (Å²) in [6.07, 6.45) is 6.18. The van der Waals surface area contributed by atoms with Crippen molar-refractivity contribution in [3.63, 3.8) is 0 Å². The molecule has 2 aromatic heterocycles. The molecule has 0 aliphatic heterocycles. The lowest BCUT2D eigenvalue weighted by molar-refractivity contribution is -0.121. The molecule has 0 saturated carbocycles. The lowest BCUT2D eigenvalue weighted by atomic mass is 10.3. The topological polar surface area (TPSA) is 67.2 Å².